The molecule has 25 heavy (non-hydrogen) atoms. The predicted octanol–water partition coefficient (Wildman–Crippen LogP) is 1.96. The first kappa shape index (κ1) is 21.6. The van der Waals surface area contributed by atoms with Gasteiger partial charge in [0.1, 0.15) is 12.4 Å². The topological polar surface area (TPSA) is 74.6 Å². The van der Waals surface area contributed by atoms with Crippen LogP contribution in [0.3, 0.4) is 0 Å². The van der Waals surface area contributed by atoms with Gasteiger partial charge in [0.25, 0.3) is 0 Å². The van der Waals surface area contributed by atoms with Crippen LogP contribution >= 0.6 is 24.0 Å². The van der Waals surface area contributed by atoms with Crippen LogP contribution in [-0.2, 0) is 11.3 Å². The van der Waals surface area contributed by atoms with E-state index in [0.29, 0.717) is 25.5 Å². The lowest BCUT2D eigenvalue weighted by Crippen LogP contribution is -2.45. The lowest BCUT2D eigenvalue weighted by molar-refractivity contribution is -0.129. The summed E-state index contributed by atoms with van der Waals surface area (Å²) in [6.45, 7) is 3.20. The van der Waals surface area contributed by atoms with Crippen molar-refractivity contribution in [2.75, 3.05) is 19.6 Å². The van der Waals surface area contributed by atoms with E-state index in [1.807, 2.05) is 18.7 Å². The quantitative estimate of drug-likeness (QED) is 0.379. The number of hydrogen-bond acceptors (Lipinski definition) is 3. The zero-order valence-corrected chi connectivity index (χ0v) is 16.7. The number of carbonyl (C=O) groups is 1. The van der Waals surface area contributed by atoms with Gasteiger partial charge in [0.15, 0.2) is 5.96 Å². The second-order valence-electron chi connectivity index (χ2n) is 5.55. The van der Waals surface area contributed by atoms with Crippen LogP contribution in [0.1, 0.15) is 39.1 Å². The standard InChI is InChI=1S/C15H24F2N6O.HI/c1-3-13(24)22-7-5-11(10-22)21-15(18-4-2)20-9-12-19-6-8-23(12)14(16)17;/h6,8,11,14H,3-5,7,9-10H2,1-2H3,(H2,18,20,21);1H. The number of hydrogen-bond donors (Lipinski definition) is 2. The van der Waals surface area contributed by atoms with E-state index in [0.717, 1.165) is 17.5 Å². The monoisotopic (exact) mass is 470 g/mol. The van der Waals surface area contributed by atoms with E-state index < -0.39 is 6.55 Å². The van der Waals surface area contributed by atoms with Crippen LogP contribution in [0, 0.1) is 0 Å². The molecule has 1 fully saturated rings. The van der Waals surface area contributed by atoms with Gasteiger partial charge in [-0.3, -0.25) is 9.36 Å². The van der Waals surface area contributed by atoms with Gasteiger partial charge < -0.3 is 15.5 Å². The van der Waals surface area contributed by atoms with Crippen molar-refractivity contribution in [2.24, 2.45) is 4.99 Å². The summed E-state index contributed by atoms with van der Waals surface area (Å²) in [5.74, 6) is 0.883. The largest absolute Gasteiger partial charge is 0.357 e. The molecule has 1 amide bonds. The Bertz CT molecular complexity index is 580. The Kier molecular flexibility index (Phi) is 9.08. The van der Waals surface area contributed by atoms with Crippen molar-refractivity contribution in [3.8, 4) is 0 Å². The third-order valence-electron chi connectivity index (χ3n) is 3.87. The molecule has 2 heterocycles. The number of alkyl halides is 2. The van der Waals surface area contributed by atoms with Gasteiger partial charge in [0.05, 0.1) is 0 Å². The van der Waals surface area contributed by atoms with Crippen LogP contribution in [0.4, 0.5) is 8.78 Å². The maximum Gasteiger partial charge on any atom is 0.319 e. The summed E-state index contributed by atoms with van der Waals surface area (Å²) in [6.07, 6.45) is 3.91. The van der Waals surface area contributed by atoms with Crippen LogP contribution in [0.25, 0.3) is 0 Å². The van der Waals surface area contributed by atoms with Gasteiger partial charge in [-0.25, -0.2) is 9.98 Å². The fourth-order valence-corrected chi connectivity index (χ4v) is 2.64. The van der Waals surface area contributed by atoms with E-state index in [4.69, 9.17) is 0 Å². The Balaban J connectivity index is 0.00000312. The van der Waals surface area contributed by atoms with Crippen molar-refractivity contribution in [3.63, 3.8) is 0 Å². The van der Waals surface area contributed by atoms with Crippen molar-refractivity contribution in [1.82, 2.24) is 25.1 Å². The molecule has 1 aliphatic heterocycles. The number of amides is 1. The van der Waals surface area contributed by atoms with Gasteiger partial charge in [-0.2, -0.15) is 8.78 Å². The SMILES string of the molecule is CCNC(=NCc1nccn1C(F)F)NC1CCN(C(=O)CC)C1.I. The summed E-state index contributed by atoms with van der Waals surface area (Å²) in [6, 6.07) is 0.105. The van der Waals surface area contributed by atoms with Crippen LogP contribution in [0.2, 0.25) is 0 Å². The Morgan fingerprint density at radius 3 is 2.88 bits per heavy atom. The smallest absolute Gasteiger partial charge is 0.319 e. The molecule has 1 saturated heterocycles. The average molecular weight is 470 g/mol. The van der Waals surface area contributed by atoms with Crippen LogP contribution < -0.4 is 10.6 Å². The molecule has 2 N–H and O–H groups in total. The molecular weight excluding hydrogens is 445 g/mol. The number of halogens is 3. The molecule has 7 nitrogen and oxygen atoms in total. The first-order valence-electron chi connectivity index (χ1n) is 8.17. The Labute approximate surface area is 163 Å². The highest BCUT2D eigenvalue weighted by atomic mass is 127. The molecule has 142 valence electrons. The van der Waals surface area contributed by atoms with Crippen LogP contribution in [0.5, 0.6) is 0 Å². The highest BCUT2D eigenvalue weighted by Gasteiger charge is 2.25. The fraction of sp³-hybridized carbons (Fsp3) is 0.667. The minimum atomic E-state index is -2.63. The fourth-order valence-electron chi connectivity index (χ4n) is 2.64. The van der Waals surface area contributed by atoms with E-state index >= 15 is 0 Å². The van der Waals surface area contributed by atoms with Crippen LogP contribution in [0.15, 0.2) is 17.4 Å². The van der Waals surface area contributed by atoms with E-state index in [1.54, 1.807) is 0 Å². The van der Waals surface area contributed by atoms with E-state index in [2.05, 4.69) is 20.6 Å². The third kappa shape index (κ3) is 6.08. The minimum Gasteiger partial charge on any atom is -0.357 e. The predicted molar refractivity (Wildman–Crippen MR) is 102 cm³/mol. The first-order chi connectivity index (χ1) is 11.5. The van der Waals surface area contributed by atoms with Crippen molar-refractivity contribution >= 4 is 35.8 Å². The number of nitrogens with one attached hydrogen (secondary N) is 2. The molecule has 10 heteroatoms. The molecule has 1 aromatic rings. The molecule has 1 aliphatic rings. The highest BCUT2D eigenvalue weighted by Crippen LogP contribution is 2.13. The Morgan fingerprint density at radius 2 is 2.24 bits per heavy atom. The van der Waals surface area contributed by atoms with Gasteiger partial charge in [-0.05, 0) is 13.3 Å². The molecule has 0 aliphatic carbocycles. The highest BCUT2D eigenvalue weighted by molar-refractivity contribution is 14.0. The molecule has 1 atom stereocenters. The summed E-state index contributed by atoms with van der Waals surface area (Å²) in [7, 11) is 0. The molecule has 1 unspecified atom stereocenters. The second-order valence-corrected chi connectivity index (χ2v) is 5.55. The lowest BCUT2D eigenvalue weighted by Gasteiger charge is -2.18. The van der Waals surface area contributed by atoms with E-state index in [-0.39, 0.29) is 48.3 Å². The molecule has 0 saturated carbocycles. The summed E-state index contributed by atoms with van der Waals surface area (Å²) in [5.41, 5.74) is 0. The van der Waals surface area contributed by atoms with Gasteiger partial charge >= 0.3 is 6.55 Å². The summed E-state index contributed by atoms with van der Waals surface area (Å²) >= 11 is 0. The van der Waals surface area contributed by atoms with Gasteiger partial charge in [-0.1, -0.05) is 6.92 Å². The van der Waals surface area contributed by atoms with Crippen molar-refractivity contribution in [1.29, 1.82) is 0 Å². The molecule has 2 rings (SSSR count). The van der Waals surface area contributed by atoms with Crippen molar-refractivity contribution < 1.29 is 13.6 Å². The second kappa shape index (κ2) is 10.5. The molecule has 0 aromatic carbocycles. The third-order valence-corrected chi connectivity index (χ3v) is 3.87. The molecule has 1 aromatic heterocycles. The number of nitrogens with zero attached hydrogens (tertiary/aromatic N) is 4. The Morgan fingerprint density at radius 1 is 1.48 bits per heavy atom. The number of guanidine groups is 1. The van der Waals surface area contributed by atoms with Crippen molar-refractivity contribution in [2.45, 2.75) is 45.8 Å². The summed E-state index contributed by atoms with van der Waals surface area (Å²) in [4.78, 5) is 21.8. The van der Waals surface area contributed by atoms with Crippen LogP contribution in [-0.4, -0.2) is 52.0 Å². The molecule has 0 radical (unpaired) electrons. The Hall–Kier alpha value is -1.46. The number of carbonyl (C=O) groups excluding carboxylic acids is 1. The number of rotatable bonds is 6. The lowest BCUT2D eigenvalue weighted by atomic mass is 10.3. The van der Waals surface area contributed by atoms with Gasteiger partial charge in [-0.15, -0.1) is 24.0 Å². The minimum absolute atomic E-state index is 0. The maximum atomic E-state index is 12.8. The first-order valence-corrected chi connectivity index (χ1v) is 8.17. The number of likely N-dealkylation sites (tertiary alicyclic amines) is 1. The number of imidazole rings is 1. The van der Waals surface area contributed by atoms with E-state index in [1.165, 1.54) is 12.4 Å². The summed E-state index contributed by atoms with van der Waals surface area (Å²) in [5, 5.41) is 6.35. The van der Waals surface area contributed by atoms with Gasteiger partial charge in [0.2, 0.25) is 5.91 Å². The van der Waals surface area contributed by atoms with E-state index in [9.17, 15) is 13.6 Å². The molecule has 0 bridgehead atoms. The molecule has 0 spiro atoms. The van der Waals surface area contributed by atoms with Gasteiger partial charge in [0, 0.05) is 44.5 Å². The van der Waals surface area contributed by atoms with Crippen molar-refractivity contribution in [3.05, 3.63) is 18.2 Å². The summed E-state index contributed by atoms with van der Waals surface area (Å²) < 4.78 is 26.4. The molecular formula is C15H25F2IN6O. The average Bonchev–Trinajstić information content (AvgIpc) is 3.21. The zero-order valence-electron chi connectivity index (χ0n) is 14.4. The normalized spacial score (nSPS) is 17.6. The maximum absolute atomic E-state index is 12.8. The zero-order chi connectivity index (χ0) is 17.5. The number of aliphatic imine (C=N–C) groups is 1. The number of aromatic nitrogens is 2.